The van der Waals surface area contributed by atoms with Crippen LogP contribution in [0.3, 0.4) is 0 Å². The highest BCUT2D eigenvalue weighted by atomic mass is 35.5. The molecule has 0 aliphatic heterocycles. The van der Waals surface area contributed by atoms with Gasteiger partial charge in [0.1, 0.15) is 0 Å². The second-order valence-corrected chi connectivity index (χ2v) is 3.36. The second-order valence-electron chi connectivity index (χ2n) is 3.14. The van der Waals surface area contributed by atoms with Crippen LogP contribution in [0, 0.1) is 0 Å². The first-order valence-corrected chi connectivity index (χ1v) is 4.68. The van der Waals surface area contributed by atoms with Crippen LogP contribution < -0.4 is 5.56 Å². The van der Waals surface area contributed by atoms with Crippen LogP contribution in [0.25, 0.3) is 0 Å². The molecule has 0 saturated heterocycles. The summed E-state index contributed by atoms with van der Waals surface area (Å²) in [5.41, 5.74) is 1.97. The standard InChI is InChI=1S/C10H10ClNO3/c1-7(4-11)5-12-6-8(10(14)15)2-3-9(12)13/h2-4,6H,5H2,1H3,(H,14,15)/b7-4-. The zero-order chi connectivity index (χ0) is 11.4. The Labute approximate surface area is 91.4 Å². The fourth-order valence-electron chi connectivity index (χ4n) is 1.08. The van der Waals surface area contributed by atoms with Crippen molar-refractivity contribution in [3.05, 3.63) is 45.4 Å². The molecular weight excluding hydrogens is 218 g/mol. The molecule has 4 nitrogen and oxygen atoms in total. The van der Waals surface area contributed by atoms with E-state index in [0.717, 1.165) is 5.57 Å². The number of halogens is 1. The van der Waals surface area contributed by atoms with E-state index in [0.29, 0.717) is 6.54 Å². The summed E-state index contributed by atoms with van der Waals surface area (Å²) >= 11 is 5.46. The minimum Gasteiger partial charge on any atom is -0.478 e. The summed E-state index contributed by atoms with van der Waals surface area (Å²) in [6, 6.07) is 2.51. The normalized spacial score (nSPS) is 11.5. The third kappa shape index (κ3) is 2.95. The first-order valence-electron chi connectivity index (χ1n) is 4.24. The average molecular weight is 228 g/mol. The van der Waals surface area contributed by atoms with Crippen molar-refractivity contribution in [2.24, 2.45) is 0 Å². The lowest BCUT2D eigenvalue weighted by atomic mass is 10.2. The molecule has 0 atom stereocenters. The van der Waals surface area contributed by atoms with Crippen molar-refractivity contribution in [1.82, 2.24) is 4.57 Å². The summed E-state index contributed by atoms with van der Waals surface area (Å²) in [4.78, 5) is 22.0. The number of rotatable bonds is 3. The molecule has 0 aliphatic carbocycles. The summed E-state index contributed by atoms with van der Waals surface area (Å²) in [5.74, 6) is -1.06. The number of pyridine rings is 1. The van der Waals surface area contributed by atoms with Gasteiger partial charge >= 0.3 is 5.97 Å². The Balaban J connectivity index is 3.11. The van der Waals surface area contributed by atoms with Crippen molar-refractivity contribution in [3.63, 3.8) is 0 Å². The van der Waals surface area contributed by atoms with Crippen LogP contribution in [-0.2, 0) is 6.54 Å². The first-order chi connectivity index (χ1) is 7.04. The number of carboxylic acids is 1. The third-order valence-corrected chi connectivity index (χ3v) is 2.21. The molecule has 0 aromatic carbocycles. The Morgan fingerprint density at radius 3 is 2.80 bits per heavy atom. The molecule has 0 saturated carbocycles. The maximum Gasteiger partial charge on any atom is 0.337 e. The number of carboxylic acid groups (broad SMARTS) is 1. The average Bonchev–Trinajstić information content (AvgIpc) is 2.20. The molecule has 0 bridgehead atoms. The van der Waals surface area contributed by atoms with Crippen molar-refractivity contribution in [1.29, 1.82) is 0 Å². The predicted octanol–water partition coefficient (Wildman–Crippen LogP) is 1.69. The lowest BCUT2D eigenvalue weighted by Crippen LogP contribution is -2.20. The molecule has 0 fully saturated rings. The van der Waals surface area contributed by atoms with Gasteiger partial charge in [0.2, 0.25) is 0 Å². The highest BCUT2D eigenvalue weighted by Crippen LogP contribution is 2.01. The van der Waals surface area contributed by atoms with Gasteiger partial charge < -0.3 is 9.67 Å². The molecule has 0 amide bonds. The van der Waals surface area contributed by atoms with Crippen LogP contribution in [0.5, 0.6) is 0 Å². The van der Waals surface area contributed by atoms with Gasteiger partial charge in [0, 0.05) is 24.3 Å². The molecule has 80 valence electrons. The minimum atomic E-state index is -1.06. The van der Waals surface area contributed by atoms with Crippen molar-refractivity contribution in [2.75, 3.05) is 0 Å². The molecule has 0 spiro atoms. The number of aromatic nitrogens is 1. The first kappa shape index (κ1) is 11.5. The molecule has 1 aromatic heterocycles. The number of hydrogen-bond donors (Lipinski definition) is 1. The van der Waals surface area contributed by atoms with Gasteiger partial charge in [0.05, 0.1) is 5.56 Å². The predicted molar refractivity (Wildman–Crippen MR) is 57.3 cm³/mol. The Kier molecular flexibility index (Phi) is 3.68. The van der Waals surface area contributed by atoms with Gasteiger partial charge in [-0.1, -0.05) is 11.6 Å². The summed E-state index contributed by atoms with van der Waals surface area (Å²) in [6.07, 6.45) is 1.30. The van der Waals surface area contributed by atoms with Crippen LogP contribution in [0.15, 0.2) is 34.2 Å². The second kappa shape index (κ2) is 4.79. The summed E-state index contributed by atoms with van der Waals surface area (Å²) in [5, 5.41) is 8.74. The Hall–Kier alpha value is -1.55. The molecule has 1 heterocycles. The number of aromatic carboxylic acids is 1. The van der Waals surface area contributed by atoms with Gasteiger partial charge in [0.25, 0.3) is 5.56 Å². The van der Waals surface area contributed by atoms with Crippen LogP contribution in [0.2, 0.25) is 0 Å². The maximum atomic E-state index is 11.3. The van der Waals surface area contributed by atoms with Crippen LogP contribution >= 0.6 is 11.6 Å². The molecule has 0 unspecified atom stereocenters. The molecule has 1 rings (SSSR count). The molecule has 15 heavy (non-hydrogen) atoms. The summed E-state index contributed by atoms with van der Waals surface area (Å²) in [6.45, 7) is 2.05. The molecule has 5 heteroatoms. The van der Waals surface area contributed by atoms with E-state index in [9.17, 15) is 9.59 Å². The smallest absolute Gasteiger partial charge is 0.337 e. The van der Waals surface area contributed by atoms with Gasteiger partial charge in [-0.2, -0.15) is 0 Å². The van der Waals surface area contributed by atoms with E-state index < -0.39 is 5.97 Å². The fourth-order valence-corrected chi connectivity index (χ4v) is 1.15. The van der Waals surface area contributed by atoms with Crippen molar-refractivity contribution in [2.45, 2.75) is 13.5 Å². The molecular formula is C10H10ClNO3. The van der Waals surface area contributed by atoms with Gasteiger partial charge in [-0.15, -0.1) is 0 Å². The zero-order valence-corrected chi connectivity index (χ0v) is 8.86. The summed E-state index contributed by atoms with van der Waals surface area (Å²) in [7, 11) is 0. The van der Waals surface area contributed by atoms with Gasteiger partial charge in [-0.05, 0) is 18.6 Å². The highest BCUT2D eigenvalue weighted by molar-refractivity contribution is 6.25. The quantitative estimate of drug-likeness (QED) is 0.855. The largest absolute Gasteiger partial charge is 0.478 e. The van der Waals surface area contributed by atoms with Crippen LogP contribution in [0.4, 0.5) is 0 Å². The number of allylic oxidation sites excluding steroid dienone is 1. The topological polar surface area (TPSA) is 59.3 Å². The van der Waals surface area contributed by atoms with E-state index in [2.05, 4.69) is 0 Å². The maximum absolute atomic E-state index is 11.3. The molecule has 1 aromatic rings. The van der Waals surface area contributed by atoms with E-state index in [4.69, 9.17) is 16.7 Å². The Morgan fingerprint density at radius 2 is 2.27 bits per heavy atom. The van der Waals surface area contributed by atoms with Gasteiger partial charge in [-0.3, -0.25) is 4.79 Å². The Morgan fingerprint density at radius 1 is 1.60 bits per heavy atom. The lowest BCUT2D eigenvalue weighted by Gasteiger charge is -2.05. The van der Waals surface area contributed by atoms with Crippen molar-refractivity contribution < 1.29 is 9.90 Å². The highest BCUT2D eigenvalue weighted by Gasteiger charge is 2.05. The third-order valence-electron chi connectivity index (χ3n) is 1.84. The van der Waals surface area contributed by atoms with Crippen molar-refractivity contribution >= 4 is 17.6 Å². The lowest BCUT2D eigenvalue weighted by molar-refractivity contribution is 0.0696. The van der Waals surface area contributed by atoms with Crippen LogP contribution in [0.1, 0.15) is 17.3 Å². The SMILES string of the molecule is C/C(=C/Cl)Cn1cc(C(=O)O)ccc1=O. The van der Waals surface area contributed by atoms with E-state index in [-0.39, 0.29) is 11.1 Å². The monoisotopic (exact) mass is 227 g/mol. The number of hydrogen-bond acceptors (Lipinski definition) is 2. The molecule has 1 N–H and O–H groups in total. The Bertz CT molecular complexity index is 462. The fraction of sp³-hybridized carbons (Fsp3) is 0.200. The van der Waals surface area contributed by atoms with Gasteiger partial charge in [-0.25, -0.2) is 4.79 Å². The van der Waals surface area contributed by atoms with E-state index >= 15 is 0 Å². The molecule has 0 aliphatic rings. The van der Waals surface area contributed by atoms with E-state index in [1.807, 2.05) is 0 Å². The minimum absolute atomic E-state index is 0.0805. The number of nitrogens with zero attached hydrogens (tertiary/aromatic N) is 1. The van der Waals surface area contributed by atoms with E-state index in [1.54, 1.807) is 6.92 Å². The zero-order valence-electron chi connectivity index (χ0n) is 8.11. The summed E-state index contributed by atoms with van der Waals surface area (Å²) < 4.78 is 1.30. The number of carbonyl (C=O) groups is 1. The van der Waals surface area contributed by atoms with E-state index in [1.165, 1.54) is 28.4 Å². The molecule has 0 radical (unpaired) electrons. The van der Waals surface area contributed by atoms with Crippen LogP contribution in [-0.4, -0.2) is 15.6 Å². The van der Waals surface area contributed by atoms with Crippen molar-refractivity contribution in [3.8, 4) is 0 Å². The van der Waals surface area contributed by atoms with Gasteiger partial charge in [0.15, 0.2) is 0 Å².